The molecule has 3 nitrogen and oxygen atoms in total. The lowest BCUT2D eigenvalue weighted by molar-refractivity contribution is 0.104. The average Bonchev–Trinajstić information content (AvgIpc) is 3.04. The molecule has 0 aromatic carbocycles. The minimum absolute atomic E-state index is 0.374. The molecule has 0 bridgehead atoms. The molecule has 1 unspecified atom stereocenters. The van der Waals surface area contributed by atoms with Crippen molar-refractivity contribution >= 4 is 27.3 Å². The molecule has 0 spiro atoms. The molecule has 0 saturated heterocycles. The molecule has 0 radical (unpaired) electrons. The first-order valence-corrected chi connectivity index (χ1v) is 8.01. The van der Waals surface area contributed by atoms with E-state index in [4.69, 9.17) is 9.15 Å². The summed E-state index contributed by atoms with van der Waals surface area (Å²) in [5, 5.41) is 5.60. The largest absolute Gasteiger partial charge is 0.467 e. The third-order valence-electron chi connectivity index (χ3n) is 2.78. The van der Waals surface area contributed by atoms with Crippen LogP contribution in [0, 0.1) is 0 Å². The SMILES string of the molecule is CC(NCCCOCc1ccco1)c1sccc1Br. The van der Waals surface area contributed by atoms with Gasteiger partial charge < -0.3 is 14.5 Å². The van der Waals surface area contributed by atoms with Crippen LogP contribution in [0.5, 0.6) is 0 Å². The summed E-state index contributed by atoms with van der Waals surface area (Å²) in [5.41, 5.74) is 0. The van der Waals surface area contributed by atoms with Gasteiger partial charge in [0.1, 0.15) is 12.4 Å². The number of furan rings is 1. The predicted octanol–water partition coefficient (Wildman–Crippen LogP) is 4.36. The molecule has 2 aromatic heterocycles. The fraction of sp³-hybridized carbons (Fsp3) is 0.429. The van der Waals surface area contributed by atoms with Crippen LogP contribution in [0.3, 0.4) is 0 Å². The summed E-state index contributed by atoms with van der Waals surface area (Å²) in [4.78, 5) is 1.34. The van der Waals surface area contributed by atoms with Gasteiger partial charge in [0.25, 0.3) is 0 Å². The van der Waals surface area contributed by atoms with Gasteiger partial charge in [-0.15, -0.1) is 11.3 Å². The molecular weight excluding hydrogens is 326 g/mol. The number of ether oxygens (including phenoxy) is 1. The first-order valence-electron chi connectivity index (χ1n) is 6.34. The van der Waals surface area contributed by atoms with Crippen LogP contribution in [0.15, 0.2) is 38.7 Å². The summed E-state index contributed by atoms with van der Waals surface area (Å²) >= 11 is 5.33. The summed E-state index contributed by atoms with van der Waals surface area (Å²) in [5.74, 6) is 0.879. The van der Waals surface area contributed by atoms with Crippen LogP contribution in [-0.4, -0.2) is 13.2 Å². The van der Waals surface area contributed by atoms with Crippen LogP contribution < -0.4 is 5.32 Å². The van der Waals surface area contributed by atoms with Crippen LogP contribution in [0.4, 0.5) is 0 Å². The molecule has 19 heavy (non-hydrogen) atoms. The molecule has 104 valence electrons. The summed E-state index contributed by atoms with van der Waals surface area (Å²) in [6, 6.07) is 6.26. The number of nitrogens with one attached hydrogen (secondary N) is 1. The monoisotopic (exact) mass is 343 g/mol. The molecule has 0 aliphatic heterocycles. The van der Waals surface area contributed by atoms with Gasteiger partial charge in [-0.1, -0.05) is 0 Å². The summed E-state index contributed by atoms with van der Waals surface area (Å²) < 4.78 is 11.9. The Balaban J connectivity index is 1.56. The Kier molecular flexibility index (Phi) is 6.10. The predicted molar refractivity (Wildman–Crippen MR) is 81.4 cm³/mol. The van der Waals surface area contributed by atoms with Gasteiger partial charge in [-0.05, 0) is 59.4 Å². The normalized spacial score (nSPS) is 12.7. The second-order valence-corrected chi connectivity index (χ2v) is 6.10. The third-order valence-corrected chi connectivity index (χ3v) is 4.83. The maximum absolute atomic E-state index is 5.53. The molecule has 0 fully saturated rings. The van der Waals surface area contributed by atoms with E-state index in [1.165, 1.54) is 9.35 Å². The lowest BCUT2D eigenvalue weighted by Gasteiger charge is -2.12. The van der Waals surface area contributed by atoms with E-state index in [9.17, 15) is 0 Å². The van der Waals surface area contributed by atoms with Crippen LogP contribution in [0.2, 0.25) is 0 Å². The van der Waals surface area contributed by atoms with E-state index in [1.807, 2.05) is 12.1 Å². The second kappa shape index (κ2) is 7.85. The fourth-order valence-electron chi connectivity index (χ4n) is 1.77. The molecule has 1 N–H and O–H groups in total. The van der Waals surface area contributed by atoms with Crippen molar-refractivity contribution in [1.82, 2.24) is 5.32 Å². The second-order valence-electron chi connectivity index (χ2n) is 4.29. The van der Waals surface area contributed by atoms with Gasteiger partial charge in [0.05, 0.1) is 6.26 Å². The Labute approximate surface area is 126 Å². The standard InChI is InChI=1S/C14H18BrNO2S/c1-11(14-13(15)5-9-19-14)16-6-3-7-17-10-12-4-2-8-18-12/h2,4-5,8-9,11,16H,3,6-7,10H2,1H3. The van der Waals surface area contributed by atoms with Gasteiger partial charge in [0.2, 0.25) is 0 Å². The first kappa shape index (κ1) is 14.8. The van der Waals surface area contributed by atoms with Gasteiger partial charge >= 0.3 is 0 Å². The van der Waals surface area contributed by atoms with E-state index in [1.54, 1.807) is 17.6 Å². The number of thiophene rings is 1. The quantitative estimate of drug-likeness (QED) is 0.723. The molecular formula is C14H18BrNO2S. The highest BCUT2D eigenvalue weighted by Gasteiger charge is 2.09. The number of hydrogen-bond donors (Lipinski definition) is 1. The highest BCUT2D eigenvalue weighted by Crippen LogP contribution is 2.28. The summed E-state index contributed by atoms with van der Waals surface area (Å²) in [7, 11) is 0. The lowest BCUT2D eigenvalue weighted by atomic mass is 10.2. The Morgan fingerprint density at radius 3 is 3.05 bits per heavy atom. The third kappa shape index (κ3) is 4.76. The highest BCUT2D eigenvalue weighted by atomic mass is 79.9. The van der Waals surface area contributed by atoms with E-state index in [-0.39, 0.29) is 0 Å². The molecule has 0 aliphatic carbocycles. The molecule has 0 saturated carbocycles. The number of hydrogen-bond acceptors (Lipinski definition) is 4. The van der Waals surface area contributed by atoms with Gasteiger partial charge in [0, 0.05) is 22.0 Å². The van der Waals surface area contributed by atoms with Crippen LogP contribution in [0.25, 0.3) is 0 Å². The van der Waals surface area contributed by atoms with Gasteiger partial charge in [0.15, 0.2) is 0 Å². The van der Waals surface area contributed by atoms with Crippen molar-refractivity contribution in [2.75, 3.05) is 13.2 Å². The van der Waals surface area contributed by atoms with Crippen molar-refractivity contribution in [1.29, 1.82) is 0 Å². The van der Waals surface area contributed by atoms with E-state index >= 15 is 0 Å². The van der Waals surface area contributed by atoms with Gasteiger partial charge in [-0.2, -0.15) is 0 Å². The topological polar surface area (TPSA) is 34.4 Å². The molecule has 5 heteroatoms. The van der Waals surface area contributed by atoms with E-state index in [0.717, 1.165) is 25.3 Å². The van der Waals surface area contributed by atoms with Gasteiger partial charge in [-0.3, -0.25) is 0 Å². The van der Waals surface area contributed by atoms with E-state index in [0.29, 0.717) is 12.6 Å². The minimum atomic E-state index is 0.374. The van der Waals surface area contributed by atoms with E-state index < -0.39 is 0 Å². The molecule has 2 rings (SSSR count). The molecule has 0 amide bonds. The molecule has 2 aromatic rings. The van der Waals surface area contributed by atoms with Crippen LogP contribution >= 0.6 is 27.3 Å². The van der Waals surface area contributed by atoms with Crippen molar-refractivity contribution in [3.05, 3.63) is 45.0 Å². The Bertz CT molecular complexity index is 470. The maximum atomic E-state index is 5.53. The highest BCUT2D eigenvalue weighted by molar-refractivity contribution is 9.10. The molecule has 0 aliphatic rings. The molecule has 2 heterocycles. The number of rotatable bonds is 8. The minimum Gasteiger partial charge on any atom is -0.467 e. The van der Waals surface area contributed by atoms with Crippen molar-refractivity contribution in [3.8, 4) is 0 Å². The lowest BCUT2D eigenvalue weighted by Crippen LogP contribution is -2.20. The fourth-order valence-corrected chi connectivity index (χ4v) is 3.52. The van der Waals surface area contributed by atoms with Crippen LogP contribution in [0.1, 0.15) is 30.0 Å². The summed E-state index contributed by atoms with van der Waals surface area (Å²) in [6.07, 6.45) is 2.66. The van der Waals surface area contributed by atoms with E-state index in [2.05, 4.69) is 39.6 Å². The Morgan fingerprint density at radius 2 is 2.37 bits per heavy atom. The van der Waals surface area contributed by atoms with Crippen molar-refractivity contribution in [2.45, 2.75) is 26.0 Å². The summed E-state index contributed by atoms with van der Waals surface area (Å²) in [6.45, 7) is 4.43. The zero-order valence-electron chi connectivity index (χ0n) is 10.9. The zero-order chi connectivity index (χ0) is 13.5. The van der Waals surface area contributed by atoms with Gasteiger partial charge in [-0.25, -0.2) is 0 Å². The maximum Gasteiger partial charge on any atom is 0.129 e. The van der Waals surface area contributed by atoms with Crippen LogP contribution in [-0.2, 0) is 11.3 Å². The van der Waals surface area contributed by atoms with Crippen molar-refractivity contribution in [2.24, 2.45) is 0 Å². The Hall–Kier alpha value is -0.620. The number of halogens is 1. The van der Waals surface area contributed by atoms with Crippen molar-refractivity contribution in [3.63, 3.8) is 0 Å². The first-order chi connectivity index (χ1) is 9.27. The Morgan fingerprint density at radius 1 is 1.47 bits per heavy atom. The average molecular weight is 344 g/mol. The smallest absolute Gasteiger partial charge is 0.129 e. The zero-order valence-corrected chi connectivity index (χ0v) is 13.3. The molecule has 1 atom stereocenters. The van der Waals surface area contributed by atoms with Crippen molar-refractivity contribution < 1.29 is 9.15 Å².